The number of hydrogen-bond donors (Lipinski definition) is 3. The summed E-state index contributed by atoms with van der Waals surface area (Å²) in [6.45, 7) is -3.24. The summed E-state index contributed by atoms with van der Waals surface area (Å²) in [6.07, 6.45) is 0.957. The zero-order valence-corrected chi connectivity index (χ0v) is 25.8. The van der Waals surface area contributed by atoms with E-state index in [0.717, 1.165) is 29.4 Å². The molecule has 9 amide bonds. The maximum Gasteiger partial charge on any atom is 0.242 e. The third-order valence-electron chi connectivity index (χ3n) is 5.84. The Balaban J connectivity index is 4.52. The average molecular weight is 628 g/mol. The lowest BCUT2D eigenvalue weighted by molar-refractivity contribution is -0.141. The summed E-state index contributed by atoms with van der Waals surface area (Å²) in [5.41, 5.74) is 0. The van der Waals surface area contributed by atoms with Crippen molar-refractivity contribution in [3.05, 3.63) is 0 Å². The summed E-state index contributed by atoms with van der Waals surface area (Å²) in [5, 5.41) is 6.95. The third-order valence-corrected chi connectivity index (χ3v) is 5.84. The fourth-order valence-corrected chi connectivity index (χ4v) is 3.05. The molecule has 0 atom stereocenters. The molecule has 0 aromatic carbocycles. The molecule has 246 valence electrons. The first-order chi connectivity index (χ1) is 20.5. The van der Waals surface area contributed by atoms with Crippen LogP contribution in [0, 0.1) is 0 Å². The highest BCUT2D eigenvalue weighted by Gasteiger charge is 2.21. The van der Waals surface area contributed by atoms with Crippen LogP contribution in [0.4, 0.5) is 0 Å². The highest BCUT2D eigenvalue weighted by molar-refractivity contribution is 5.93. The summed E-state index contributed by atoms with van der Waals surface area (Å²) in [7, 11) is 8.06. The van der Waals surface area contributed by atoms with Crippen LogP contribution in [0.3, 0.4) is 0 Å². The molecule has 0 saturated heterocycles. The molecule has 0 aliphatic carbocycles. The molecule has 44 heavy (non-hydrogen) atoms. The molecule has 0 unspecified atom stereocenters. The van der Waals surface area contributed by atoms with Gasteiger partial charge in [-0.15, -0.1) is 0 Å². The third kappa shape index (κ3) is 15.8. The van der Waals surface area contributed by atoms with E-state index in [9.17, 15) is 47.9 Å². The Morgan fingerprint density at radius 1 is 0.455 bits per heavy atom. The quantitative estimate of drug-likeness (QED) is 0.115. The first kappa shape index (κ1) is 38.9. The van der Waals surface area contributed by atoms with Crippen molar-refractivity contribution >= 4 is 60.0 Å². The van der Waals surface area contributed by atoms with Crippen molar-refractivity contribution in [2.45, 2.75) is 0 Å². The van der Waals surface area contributed by atoms with Crippen molar-refractivity contribution in [1.82, 2.24) is 45.3 Å². The summed E-state index contributed by atoms with van der Waals surface area (Å²) >= 11 is 0. The monoisotopic (exact) mass is 627 g/mol. The van der Waals surface area contributed by atoms with Crippen molar-refractivity contribution in [1.29, 1.82) is 0 Å². The van der Waals surface area contributed by atoms with Gasteiger partial charge >= 0.3 is 0 Å². The standard InChI is InChI=1S/C25H41N9O10/c1-29(17-36)14-23(42)30(2)12-19(38)27-9-21(40)34(6)16-25(44)32(4)13-20(39)28-10-22(41)33(5)15-24(43)31(3)11-18(37)26-7-8-35/h8,17H,7,9-16H2,1-6H3,(H,26,37)(H,27,38)(H,28,39). The molecular formula is C25H41N9O10. The van der Waals surface area contributed by atoms with Crippen LogP contribution in [-0.4, -0.2) is 191 Å². The Morgan fingerprint density at radius 2 is 0.773 bits per heavy atom. The van der Waals surface area contributed by atoms with Gasteiger partial charge in [0.25, 0.3) is 0 Å². The number of rotatable bonds is 19. The molecule has 0 radical (unpaired) electrons. The molecule has 0 fully saturated rings. The second-order valence-electron chi connectivity index (χ2n) is 9.79. The highest BCUT2D eigenvalue weighted by Crippen LogP contribution is 1.94. The Morgan fingerprint density at radius 3 is 1.11 bits per heavy atom. The molecule has 19 heteroatoms. The van der Waals surface area contributed by atoms with Crippen molar-refractivity contribution in [2.24, 2.45) is 0 Å². The van der Waals surface area contributed by atoms with Crippen molar-refractivity contribution in [3.63, 3.8) is 0 Å². The first-order valence-electron chi connectivity index (χ1n) is 13.1. The van der Waals surface area contributed by atoms with Crippen LogP contribution in [0.15, 0.2) is 0 Å². The van der Waals surface area contributed by atoms with Crippen LogP contribution in [0.1, 0.15) is 0 Å². The smallest absolute Gasteiger partial charge is 0.242 e. The van der Waals surface area contributed by atoms with Crippen molar-refractivity contribution in [3.8, 4) is 0 Å². The predicted molar refractivity (Wildman–Crippen MR) is 152 cm³/mol. The molecule has 3 N–H and O–H groups in total. The largest absolute Gasteiger partial charge is 0.348 e. The van der Waals surface area contributed by atoms with E-state index in [4.69, 9.17) is 0 Å². The minimum Gasteiger partial charge on any atom is -0.348 e. The van der Waals surface area contributed by atoms with Gasteiger partial charge in [-0.1, -0.05) is 0 Å². The first-order valence-corrected chi connectivity index (χ1v) is 13.1. The van der Waals surface area contributed by atoms with Gasteiger partial charge in [0.1, 0.15) is 6.29 Å². The Hall–Kier alpha value is -5.10. The fourth-order valence-electron chi connectivity index (χ4n) is 3.05. The average Bonchev–Trinajstić information content (AvgIpc) is 2.96. The van der Waals surface area contributed by atoms with Gasteiger partial charge in [-0.2, -0.15) is 0 Å². The Bertz CT molecular complexity index is 1100. The second-order valence-corrected chi connectivity index (χ2v) is 9.79. The summed E-state index contributed by atoms with van der Waals surface area (Å²) in [4.78, 5) is 124. The van der Waals surface area contributed by atoms with Gasteiger partial charge in [-0.05, 0) is 0 Å². The minimum absolute atomic E-state index is 0.192. The van der Waals surface area contributed by atoms with E-state index < -0.39 is 73.4 Å². The fraction of sp³-hybridized carbons (Fsp3) is 0.600. The van der Waals surface area contributed by atoms with Crippen LogP contribution in [0.25, 0.3) is 0 Å². The predicted octanol–water partition coefficient (Wildman–Crippen LogP) is -6.09. The maximum atomic E-state index is 12.5. The van der Waals surface area contributed by atoms with E-state index in [0.29, 0.717) is 12.7 Å². The molecule has 0 spiro atoms. The summed E-state index contributed by atoms with van der Waals surface area (Å²) in [5.74, 6) is -4.75. The topological polar surface area (TPSA) is 226 Å². The van der Waals surface area contributed by atoms with Gasteiger partial charge in [0.2, 0.25) is 53.7 Å². The number of aldehydes is 1. The molecule has 0 aromatic heterocycles. The number of likely N-dealkylation sites (N-methyl/N-ethyl adjacent to an activating group) is 6. The lowest BCUT2D eigenvalue weighted by atomic mass is 10.4. The number of carbonyl (C=O) groups is 10. The molecule has 0 aliphatic rings. The SMILES string of the molecule is CN(C=O)CC(=O)N(C)CC(=O)NCC(=O)N(C)CC(=O)N(C)CC(=O)NCC(=O)N(C)CC(=O)N(C)CC(=O)NCC=O. The van der Waals surface area contributed by atoms with Crippen LogP contribution >= 0.6 is 0 Å². The zero-order valence-electron chi connectivity index (χ0n) is 25.8. The molecule has 0 saturated carbocycles. The number of carbonyl (C=O) groups excluding carboxylic acids is 10. The van der Waals surface area contributed by atoms with Gasteiger partial charge in [0.05, 0.1) is 58.9 Å². The van der Waals surface area contributed by atoms with Gasteiger partial charge < -0.3 is 50.1 Å². The van der Waals surface area contributed by atoms with Crippen LogP contribution in [-0.2, 0) is 47.9 Å². The maximum absolute atomic E-state index is 12.5. The van der Waals surface area contributed by atoms with Gasteiger partial charge in [0.15, 0.2) is 0 Å². The molecule has 0 aromatic rings. The van der Waals surface area contributed by atoms with Crippen LogP contribution in [0.2, 0.25) is 0 Å². The number of amides is 9. The van der Waals surface area contributed by atoms with Crippen LogP contribution in [0.5, 0.6) is 0 Å². The van der Waals surface area contributed by atoms with Gasteiger partial charge in [-0.3, -0.25) is 43.2 Å². The van der Waals surface area contributed by atoms with Crippen molar-refractivity contribution < 1.29 is 47.9 Å². The molecular weight excluding hydrogens is 586 g/mol. The number of nitrogens with one attached hydrogen (secondary N) is 3. The van der Waals surface area contributed by atoms with Crippen LogP contribution < -0.4 is 16.0 Å². The molecule has 0 aliphatic heterocycles. The summed E-state index contributed by atoms with van der Waals surface area (Å²) in [6, 6.07) is 0. The lowest BCUT2D eigenvalue weighted by Gasteiger charge is -2.23. The van der Waals surface area contributed by atoms with E-state index in [1.54, 1.807) is 0 Å². The Labute approximate surface area is 254 Å². The Kier molecular flexibility index (Phi) is 17.6. The highest BCUT2D eigenvalue weighted by atomic mass is 16.2. The minimum atomic E-state index is -0.683. The van der Waals surface area contributed by atoms with Crippen molar-refractivity contribution in [2.75, 3.05) is 101 Å². The van der Waals surface area contributed by atoms with E-state index >= 15 is 0 Å². The van der Waals surface area contributed by atoms with Gasteiger partial charge in [0, 0.05) is 42.3 Å². The van der Waals surface area contributed by atoms with E-state index in [-0.39, 0.29) is 32.7 Å². The van der Waals surface area contributed by atoms with E-state index in [1.807, 2.05) is 0 Å². The number of nitrogens with zero attached hydrogens (tertiary/aromatic N) is 6. The lowest BCUT2D eigenvalue weighted by Crippen LogP contribution is -2.48. The molecule has 0 bridgehead atoms. The summed E-state index contributed by atoms with van der Waals surface area (Å²) < 4.78 is 0. The molecule has 0 rings (SSSR count). The van der Waals surface area contributed by atoms with Gasteiger partial charge in [-0.25, -0.2) is 0 Å². The molecule has 0 heterocycles. The number of hydrogen-bond acceptors (Lipinski definition) is 10. The normalized spacial score (nSPS) is 9.95. The van der Waals surface area contributed by atoms with E-state index in [2.05, 4.69) is 16.0 Å². The second kappa shape index (κ2) is 19.9. The van der Waals surface area contributed by atoms with E-state index in [1.165, 1.54) is 42.3 Å². The molecule has 19 nitrogen and oxygen atoms in total. The zero-order chi connectivity index (χ0) is 34.0.